The number of nitrogens with one attached hydrogen (secondary N) is 2. The van der Waals surface area contributed by atoms with E-state index in [1.54, 1.807) is 17.6 Å². The second-order valence-electron chi connectivity index (χ2n) is 6.36. The molecule has 4 N–H and O–H groups in total. The van der Waals surface area contributed by atoms with Gasteiger partial charge in [-0.3, -0.25) is 14.5 Å². The van der Waals surface area contributed by atoms with E-state index in [9.17, 15) is 22.8 Å². The number of rotatable bonds is 5. The first-order valence-corrected chi connectivity index (χ1v) is 9.13. The van der Waals surface area contributed by atoms with Crippen LogP contribution in [0.4, 0.5) is 18.3 Å². The Balaban J connectivity index is 1.54. The van der Waals surface area contributed by atoms with E-state index in [-0.39, 0.29) is 30.6 Å². The largest absolute Gasteiger partial charge is 0.401 e. The third kappa shape index (κ3) is 5.07. The Hall–Kier alpha value is -2.40. The van der Waals surface area contributed by atoms with Crippen LogP contribution in [0.15, 0.2) is 17.6 Å². The SMILES string of the molecule is NC(=O)c1cc(-c2csc(NC(=O)C3CCN(CC(F)(F)F)CC3)n2)c[nH]1. The maximum absolute atomic E-state index is 12.4. The molecule has 0 atom stereocenters. The minimum atomic E-state index is -4.22. The molecule has 0 radical (unpaired) electrons. The van der Waals surface area contributed by atoms with Crippen LogP contribution < -0.4 is 11.1 Å². The second-order valence-corrected chi connectivity index (χ2v) is 7.22. The molecule has 146 valence electrons. The van der Waals surface area contributed by atoms with Gasteiger partial charge in [-0.25, -0.2) is 4.98 Å². The van der Waals surface area contributed by atoms with Crippen LogP contribution in [0.1, 0.15) is 23.3 Å². The number of hydrogen-bond donors (Lipinski definition) is 3. The number of hydrogen-bond acceptors (Lipinski definition) is 5. The number of primary amides is 1. The Morgan fingerprint density at radius 1 is 1.37 bits per heavy atom. The zero-order valence-corrected chi connectivity index (χ0v) is 15.0. The molecule has 2 aromatic rings. The van der Waals surface area contributed by atoms with Crippen LogP contribution in [0, 0.1) is 5.92 Å². The fourth-order valence-corrected chi connectivity index (χ4v) is 3.69. The molecule has 2 amide bonds. The van der Waals surface area contributed by atoms with E-state index < -0.39 is 18.6 Å². The Morgan fingerprint density at radius 2 is 2.07 bits per heavy atom. The number of anilines is 1. The summed E-state index contributed by atoms with van der Waals surface area (Å²) >= 11 is 1.23. The van der Waals surface area contributed by atoms with E-state index in [2.05, 4.69) is 15.3 Å². The van der Waals surface area contributed by atoms with E-state index in [0.29, 0.717) is 29.2 Å². The molecule has 0 bridgehead atoms. The third-order valence-corrected chi connectivity index (χ3v) is 5.10. The molecule has 1 aliphatic rings. The average molecular weight is 401 g/mol. The zero-order valence-electron chi connectivity index (χ0n) is 14.2. The first-order chi connectivity index (χ1) is 12.7. The number of piperidine rings is 1. The minimum Gasteiger partial charge on any atom is -0.364 e. The zero-order chi connectivity index (χ0) is 19.6. The van der Waals surface area contributed by atoms with Gasteiger partial charge in [0.25, 0.3) is 5.91 Å². The van der Waals surface area contributed by atoms with Gasteiger partial charge in [0.05, 0.1) is 12.2 Å². The molecule has 7 nitrogen and oxygen atoms in total. The van der Waals surface area contributed by atoms with Gasteiger partial charge in [0.1, 0.15) is 5.69 Å². The van der Waals surface area contributed by atoms with Crippen LogP contribution in [0.25, 0.3) is 11.3 Å². The highest BCUT2D eigenvalue weighted by atomic mass is 32.1. The first-order valence-electron chi connectivity index (χ1n) is 8.25. The van der Waals surface area contributed by atoms with Crippen LogP contribution in [-0.2, 0) is 4.79 Å². The monoisotopic (exact) mass is 401 g/mol. The average Bonchev–Trinajstić information content (AvgIpc) is 3.23. The van der Waals surface area contributed by atoms with Crippen LogP contribution in [-0.4, -0.2) is 52.5 Å². The van der Waals surface area contributed by atoms with E-state index in [1.807, 2.05) is 0 Å². The van der Waals surface area contributed by atoms with Crippen molar-refractivity contribution in [3.8, 4) is 11.3 Å². The van der Waals surface area contributed by atoms with Crippen molar-refractivity contribution in [3.05, 3.63) is 23.3 Å². The number of H-pyrrole nitrogens is 1. The number of amides is 2. The predicted octanol–water partition coefficient (Wildman–Crippen LogP) is 2.45. The number of alkyl halides is 3. The van der Waals surface area contributed by atoms with Crippen molar-refractivity contribution in [3.63, 3.8) is 0 Å². The van der Waals surface area contributed by atoms with Crippen LogP contribution >= 0.6 is 11.3 Å². The number of aromatic nitrogens is 2. The van der Waals surface area contributed by atoms with Gasteiger partial charge < -0.3 is 16.0 Å². The molecule has 3 rings (SSSR count). The number of carbonyl (C=O) groups is 2. The summed E-state index contributed by atoms with van der Waals surface area (Å²) in [7, 11) is 0. The number of halogens is 3. The molecule has 0 aromatic carbocycles. The van der Waals surface area contributed by atoms with Gasteiger partial charge in [0.15, 0.2) is 5.13 Å². The number of carbonyl (C=O) groups excluding carboxylic acids is 2. The molecule has 0 aliphatic carbocycles. The summed E-state index contributed by atoms with van der Waals surface area (Å²) in [6.07, 6.45) is -1.88. The normalized spacial score (nSPS) is 16.4. The maximum atomic E-state index is 12.4. The highest BCUT2D eigenvalue weighted by Crippen LogP contribution is 2.27. The van der Waals surface area contributed by atoms with Crippen molar-refractivity contribution in [1.82, 2.24) is 14.9 Å². The molecule has 0 saturated carbocycles. The highest BCUT2D eigenvalue weighted by Gasteiger charge is 2.34. The third-order valence-electron chi connectivity index (χ3n) is 4.34. The molecule has 27 heavy (non-hydrogen) atoms. The smallest absolute Gasteiger partial charge is 0.364 e. The van der Waals surface area contributed by atoms with Gasteiger partial charge in [-0.05, 0) is 32.0 Å². The topological polar surface area (TPSA) is 104 Å². The maximum Gasteiger partial charge on any atom is 0.401 e. The van der Waals surface area contributed by atoms with Gasteiger partial charge in [0.2, 0.25) is 5.91 Å². The highest BCUT2D eigenvalue weighted by molar-refractivity contribution is 7.14. The molecule has 11 heteroatoms. The van der Waals surface area contributed by atoms with E-state index in [4.69, 9.17) is 5.73 Å². The molecule has 1 fully saturated rings. The summed E-state index contributed by atoms with van der Waals surface area (Å²) < 4.78 is 37.2. The number of likely N-dealkylation sites (tertiary alicyclic amines) is 1. The summed E-state index contributed by atoms with van der Waals surface area (Å²) in [5, 5.41) is 4.85. The molecule has 0 spiro atoms. The lowest BCUT2D eigenvalue weighted by molar-refractivity contribution is -0.149. The molecule has 1 aliphatic heterocycles. The quantitative estimate of drug-likeness (QED) is 0.716. The molecule has 1 saturated heterocycles. The van der Waals surface area contributed by atoms with Crippen molar-refractivity contribution in [2.24, 2.45) is 11.7 Å². The molecule has 0 unspecified atom stereocenters. The molecule has 2 aromatic heterocycles. The van der Waals surface area contributed by atoms with Crippen molar-refractivity contribution in [2.75, 3.05) is 25.0 Å². The number of nitrogens with two attached hydrogens (primary N) is 1. The molecular formula is C16H18F3N5O2S. The van der Waals surface area contributed by atoms with Crippen LogP contribution in [0.2, 0.25) is 0 Å². The van der Waals surface area contributed by atoms with Crippen molar-refractivity contribution >= 4 is 28.3 Å². The number of aromatic amines is 1. The standard InChI is InChI=1S/C16H18F3N5O2S/c17-16(18,19)8-24-3-1-9(2-4-24)14(26)23-15-22-12(7-27-15)10-5-11(13(20)25)21-6-10/h5-7,9,21H,1-4,8H2,(H2,20,25)(H,22,23,26). The Labute approximate surface area is 156 Å². The minimum absolute atomic E-state index is 0.236. The lowest BCUT2D eigenvalue weighted by atomic mass is 9.96. The molecular weight excluding hydrogens is 383 g/mol. The van der Waals surface area contributed by atoms with E-state index in [1.165, 1.54) is 16.2 Å². The summed E-state index contributed by atoms with van der Waals surface area (Å²) in [5.41, 5.74) is 6.70. The second kappa shape index (κ2) is 7.69. The van der Waals surface area contributed by atoms with Crippen molar-refractivity contribution < 1.29 is 22.8 Å². The summed E-state index contributed by atoms with van der Waals surface area (Å²) in [6, 6.07) is 1.57. The van der Waals surface area contributed by atoms with Gasteiger partial charge in [0, 0.05) is 23.1 Å². The summed E-state index contributed by atoms with van der Waals surface area (Å²) in [6.45, 7) is -0.471. The first kappa shape index (κ1) is 19.4. The summed E-state index contributed by atoms with van der Waals surface area (Å²) in [5.74, 6) is -1.16. The van der Waals surface area contributed by atoms with Gasteiger partial charge in [-0.15, -0.1) is 11.3 Å². The Kier molecular flexibility index (Phi) is 5.51. The van der Waals surface area contributed by atoms with Crippen molar-refractivity contribution in [2.45, 2.75) is 19.0 Å². The molecule has 3 heterocycles. The Bertz CT molecular complexity index is 824. The lowest BCUT2D eigenvalue weighted by Gasteiger charge is -2.31. The number of nitrogens with zero attached hydrogens (tertiary/aromatic N) is 2. The van der Waals surface area contributed by atoms with E-state index in [0.717, 1.165) is 0 Å². The number of thiazole rings is 1. The van der Waals surface area contributed by atoms with Crippen molar-refractivity contribution in [1.29, 1.82) is 0 Å². The van der Waals surface area contributed by atoms with E-state index >= 15 is 0 Å². The lowest BCUT2D eigenvalue weighted by Crippen LogP contribution is -2.42. The van der Waals surface area contributed by atoms with Crippen LogP contribution in [0.3, 0.4) is 0 Å². The predicted molar refractivity (Wildman–Crippen MR) is 94.3 cm³/mol. The van der Waals surface area contributed by atoms with Gasteiger partial charge in [-0.1, -0.05) is 0 Å². The summed E-state index contributed by atoms with van der Waals surface area (Å²) in [4.78, 5) is 31.8. The fourth-order valence-electron chi connectivity index (χ4n) is 2.96. The van der Waals surface area contributed by atoms with Crippen LogP contribution in [0.5, 0.6) is 0 Å². The van der Waals surface area contributed by atoms with Gasteiger partial charge >= 0.3 is 6.18 Å². The van der Waals surface area contributed by atoms with Gasteiger partial charge in [-0.2, -0.15) is 13.2 Å². The Morgan fingerprint density at radius 3 is 2.67 bits per heavy atom. The fraction of sp³-hybridized carbons (Fsp3) is 0.438.